The van der Waals surface area contributed by atoms with Crippen molar-refractivity contribution >= 4 is 40.4 Å². The first kappa shape index (κ1) is 15.1. The van der Waals surface area contributed by atoms with E-state index >= 15 is 0 Å². The molecule has 106 valence electrons. The number of amides is 1. The predicted octanol–water partition coefficient (Wildman–Crippen LogP) is 3.91. The van der Waals surface area contributed by atoms with Gasteiger partial charge >= 0.3 is 0 Å². The number of carbonyl (C=O) groups excluding carboxylic acids is 1. The van der Waals surface area contributed by atoms with E-state index in [2.05, 4.69) is 16.8 Å². The number of fused-ring (bicyclic) bond motifs is 1. The first-order valence-corrected chi connectivity index (χ1v) is 8.61. The Hall–Kier alpha value is -0.250. The molecule has 0 fully saturated rings. The van der Waals surface area contributed by atoms with Crippen molar-refractivity contribution in [3.63, 3.8) is 0 Å². The van der Waals surface area contributed by atoms with E-state index in [4.69, 9.17) is 23.2 Å². The highest BCUT2D eigenvalue weighted by atomic mass is 35.5. The first-order chi connectivity index (χ1) is 9.15. The Bertz CT molecular complexity index is 434. The summed E-state index contributed by atoms with van der Waals surface area (Å²) in [5, 5.41) is 5.16. The van der Waals surface area contributed by atoms with Crippen LogP contribution in [0.2, 0.25) is 0 Å². The van der Waals surface area contributed by atoms with Gasteiger partial charge in [0.15, 0.2) is 0 Å². The van der Waals surface area contributed by atoms with Crippen LogP contribution in [0.15, 0.2) is 11.4 Å². The number of aryl methyl sites for hydroxylation is 1. The Morgan fingerprint density at radius 2 is 2.26 bits per heavy atom. The molecular weight excluding hydrogens is 301 g/mol. The molecule has 1 amide bonds. The van der Waals surface area contributed by atoms with Crippen molar-refractivity contribution in [1.29, 1.82) is 0 Å². The third-order valence-electron chi connectivity index (χ3n) is 3.95. The fourth-order valence-electron chi connectivity index (χ4n) is 2.49. The van der Waals surface area contributed by atoms with Crippen LogP contribution < -0.4 is 5.32 Å². The number of alkyl halides is 2. The van der Waals surface area contributed by atoms with Gasteiger partial charge in [-0.05, 0) is 42.7 Å². The minimum atomic E-state index is -0.478. The Kier molecular flexibility index (Phi) is 5.15. The van der Waals surface area contributed by atoms with Gasteiger partial charge in [0.05, 0.1) is 11.5 Å². The van der Waals surface area contributed by atoms with Crippen molar-refractivity contribution < 1.29 is 4.79 Å². The summed E-state index contributed by atoms with van der Waals surface area (Å²) in [5.74, 6) is 0.735. The fraction of sp³-hybridized carbons (Fsp3) is 0.643. The summed E-state index contributed by atoms with van der Waals surface area (Å²) in [7, 11) is 0. The Labute approximate surface area is 128 Å². The number of carbonyl (C=O) groups is 1. The number of halogens is 2. The molecule has 2 rings (SSSR count). The molecule has 1 heterocycles. The van der Waals surface area contributed by atoms with Crippen LogP contribution in [-0.4, -0.2) is 23.2 Å². The van der Waals surface area contributed by atoms with Crippen molar-refractivity contribution in [3.8, 4) is 0 Å². The Balaban J connectivity index is 2.14. The average Bonchev–Trinajstić information content (AvgIpc) is 2.93. The summed E-state index contributed by atoms with van der Waals surface area (Å²) in [4.78, 5) is 13.9. The van der Waals surface area contributed by atoms with Gasteiger partial charge in [-0.1, -0.05) is 6.92 Å². The highest BCUT2D eigenvalue weighted by molar-refractivity contribution is 7.10. The van der Waals surface area contributed by atoms with Gasteiger partial charge in [-0.15, -0.1) is 34.5 Å². The second-order valence-electron chi connectivity index (χ2n) is 5.13. The van der Waals surface area contributed by atoms with Crippen molar-refractivity contribution in [3.05, 3.63) is 21.9 Å². The standard InChI is InChI=1S/C14H19Cl2NOS/c1-2-14(8-15,9-16)17-13(18)11-4-3-5-12-10(11)6-7-19-12/h6-7,11H,2-5,8-9H2,1H3,(H,17,18). The zero-order valence-corrected chi connectivity index (χ0v) is 13.4. The number of nitrogens with one attached hydrogen (secondary N) is 1. The van der Waals surface area contributed by atoms with E-state index < -0.39 is 5.54 Å². The molecule has 19 heavy (non-hydrogen) atoms. The molecule has 0 bridgehead atoms. The molecule has 1 atom stereocenters. The van der Waals surface area contributed by atoms with Crippen LogP contribution in [0.5, 0.6) is 0 Å². The van der Waals surface area contributed by atoms with Crippen molar-refractivity contribution in [2.45, 2.75) is 44.1 Å². The van der Waals surface area contributed by atoms with Gasteiger partial charge in [0.1, 0.15) is 0 Å². The van der Waals surface area contributed by atoms with E-state index in [1.807, 2.05) is 6.92 Å². The smallest absolute Gasteiger partial charge is 0.228 e. The summed E-state index contributed by atoms with van der Waals surface area (Å²) < 4.78 is 0. The van der Waals surface area contributed by atoms with Crippen LogP contribution in [0.3, 0.4) is 0 Å². The third kappa shape index (κ3) is 3.09. The SMILES string of the molecule is CCC(CCl)(CCl)NC(=O)C1CCCc2sccc21. The molecule has 0 saturated heterocycles. The van der Waals surface area contributed by atoms with Gasteiger partial charge in [0.25, 0.3) is 0 Å². The van der Waals surface area contributed by atoms with Gasteiger partial charge < -0.3 is 5.32 Å². The Morgan fingerprint density at radius 3 is 2.89 bits per heavy atom. The van der Waals surface area contributed by atoms with Gasteiger partial charge in [-0.3, -0.25) is 4.79 Å². The van der Waals surface area contributed by atoms with Crippen LogP contribution in [0.4, 0.5) is 0 Å². The summed E-state index contributed by atoms with van der Waals surface area (Å²) in [5.41, 5.74) is 0.719. The average molecular weight is 320 g/mol. The molecule has 0 saturated carbocycles. The lowest BCUT2D eigenvalue weighted by Gasteiger charge is -2.32. The first-order valence-electron chi connectivity index (χ1n) is 6.66. The molecular formula is C14H19Cl2NOS. The highest BCUT2D eigenvalue weighted by Crippen LogP contribution is 2.35. The minimum absolute atomic E-state index is 0.0349. The van der Waals surface area contributed by atoms with Gasteiger partial charge in [-0.25, -0.2) is 0 Å². The highest BCUT2D eigenvalue weighted by Gasteiger charge is 2.33. The third-order valence-corrected chi connectivity index (χ3v) is 5.96. The van der Waals surface area contributed by atoms with Crippen LogP contribution in [0.1, 0.15) is 42.5 Å². The molecule has 1 aliphatic carbocycles. The number of hydrogen-bond acceptors (Lipinski definition) is 2. The molecule has 0 aliphatic heterocycles. The van der Waals surface area contributed by atoms with Crippen LogP contribution in [0.25, 0.3) is 0 Å². The summed E-state index contributed by atoms with van der Waals surface area (Å²) >= 11 is 13.7. The van der Waals surface area contributed by atoms with E-state index in [0.29, 0.717) is 11.8 Å². The van der Waals surface area contributed by atoms with Crippen molar-refractivity contribution in [2.75, 3.05) is 11.8 Å². The van der Waals surface area contributed by atoms with Gasteiger partial charge in [-0.2, -0.15) is 0 Å². The molecule has 0 spiro atoms. The van der Waals surface area contributed by atoms with E-state index in [9.17, 15) is 4.79 Å². The molecule has 5 heteroatoms. The normalized spacial score (nSPS) is 19.0. The summed E-state index contributed by atoms with van der Waals surface area (Å²) in [6, 6.07) is 2.08. The minimum Gasteiger partial charge on any atom is -0.348 e. The number of thiophene rings is 1. The topological polar surface area (TPSA) is 29.1 Å². The van der Waals surface area contributed by atoms with E-state index in [1.54, 1.807) is 11.3 Å². The molecule has 1 aliphatic rings. The van der Waals surface area contributed by atoms with Gasteiger partial charge in [0.2, 0.25) is 5.91 Å². The molecule has 1 unspecified atom stereocenters. The van der Waals surface area contributed by atoms with E-state index in [0.717, 1.165) is 25.7 Å². The Morgan fingerprint density at radius 1 is 1.53 bits per heavy atom. The van der Waals surface area contributed by atoms with Crippen LogP contribution in [0, 0.1) is 0 Å². The lowest BCUT2D eigenvalue weighted by molar-refractivity contribution is -0.124. The lowest BCUT2D eigenvalue weighted by Crippen LogP contribution is -2.52. The van der Waals surface area contributed by atoms with Gasteiger partial charge in [0, 0.05) is 16.6 Å². The fourth-order valence-corrected chi connectivity index (χ4v) is 4.27. The molecule has 1 N–H and O–H groups in total. The maximum absolute atomic E-state index is 12.5. The second-order valence-corrected chi connectivity index (χ2v) is 6.67. The maximum atomic E-state index is 12.5. The van der Waals surface area contributed by atoms with E-state index in [1.165, 1.54) is 10.4 Å². The molecule has 0 aromatic carbocycles. The molecule has 2 nitrogen and oxygen atoms in total. The lowest BCUT2D eigenvalue weighted by atomic mass is 9.86. The van der Waals surface area contributed by atoms with Crippen LogP contribution >= 0.6 is 34.5 Å². The molecule has 0 radical (unpaired) electrons. The van der Waals surface area contributed by atoms with Crippen LogP contribution in [-0.2, 0) is 11.2 Å². The number of rotatable bonds is 5. The zero-order valence-electron chi connectivity index (χ0n) is 11.0. The largest absolute Gasteiger partial charge is 0.348 e. The maximum Gasteiger partial charge on any atom is 0.228 e. The van der Waals surface area contributed by atoms with E-state index in [-0.39, 0.29) is 11.8 Å². The quantitative estimate of drug-likeness (QED) is 0.819. The monoisotopic (exact) mass is 319 g/mol. The molecule has 1 aromatic rings. The van der Waals surface area contributed by atoms with Crippen molar-refractivity contribution in [2.24, 2.45) is 0 Å². The molecule has 1 aromatic heterocycles. The van der Waals surface area contributed by atoms with Crippen molar-refractivity contribution in [1.82, 2.24) is 5.32 Å². The predicted molar refractivity (Wildman–Crippen MR) is 82.6 cm³/mol. The zero-order chi connectivity index (χ0) is 13.9. The number of hydrogen-bond donors (Lipinski definition) is 1. The summed E-state index contributed by atoms with van der Waals surface area (Å²) in [6.07, 6.45) is 3.84. The second kappa shape index (κ2) is 6.47. The summed E-state index contributed by atoms with van der Waals surface area (Å²) in [6.45, 7) is 2.00.